The van der Waals surface area contributed by atoms with Crippen molar-refractivity contribution in [2.75, 3.05) is 13.2 Å². The summed E-state index contributed by atoms with van der Waals surface area (Å²) in [6.07, 6.45) is 7.70. The molecule has 1 rings (SSSR count). The first kappa shape index (κ1) is 9.07. The third-order valence-electron chi connectivity index (χ3n) is 1.45. The molecule has 2 heteroatoms. The number of rotatable bonds is 5. The van der Waals surface area contributed by atoms with Crippen LogP contribution in [0.15, 0.2) is 36.6 Å². The van der Waals surface area contributed by atoms with Crippen molar-refractivity contribution < 1.29 is 9.47 Å². The standard InChI is InChI=1S/C10H14O2/c1-3-5-9(6-4-2)11-7-10-8-12-10/h3-6,10H,1,7-8H2,2H3/b6-4-,9-5+. The van der Waals surface area contributed by atoms with Crippen molar-refractivity contribution in [2.24, 2.45) is 0 Å². The van der Waals surface area contributed by atoms with Crippen LogP contribution in [0.5, 0.6) is 0 Å². The van der Waals surface area contributed by atoms with Gasteiger partial charge in [-0.1, -0.05) is 18.7 Å². The van der Waals surface area contributed by atoms with Crippen molar-refractivity contribution in [1.82, 2.24) is 0 Å². The van der Waals surface area contributed by atoms with E-state index in [2.05, 4.69) is 6.58 Å². The minimum atomic E-state index is 0.309. The van der Waals surface area contributed by atoms with E-state index in [1.54, 1.807) is 6.08 Å². The first-order valence-electron chi connectivity index (χ1n) is 4.06. The Labute approximate surface area is 73.2 Å². The lowest BCUT2D eigenvalue weighted by Crippen LogP contribution is -1.99. The van der Waals surface area contributed by atoms with Crippen molar-refractivity contribution in [3.63, 3.8) is 0 Å². The van der Waals surface area contributed by atoms with Gasteiger partial charge >= 0.3 is 0 Å². The molecule has 0 saturated carbocycles. The van der Waals surface area contributed by atoms with Crippen LogP contribution in [0.1, 0.15) is 6.92 Å². The molecule has 1 aliphatic rings. The van der Waals surface area contributed by atoms with Gasteiger partial charge in [-0.2, -0.15) is 0 Å². The Kier molecular flexibility index (Phi) is 3.61. The minimum Gasteiger partial charge on any atom is -0.491 e. The van der Waals surface area contributed by atoms with Gasteiger partial charge in [0, 0.05) is 0 Å². The van der Waals surface area contributed by atoms with Crippen molar-refractivity contribution in [1.29, 1.82) is 0 Å². The molecule has 0 bridgehead atoms. The van der Waals surface area contributed by atoms with E-state index in [4.69, 9.17) is 9.47 Å². The predicted octanol–water partition coefficient (Wildman–Crippen LogP) is 2.05. The van der Waals surface area contributed by atoms with Crippen molar-refractivity contribution in [2.45, 2.75) is 13.0 Å². The lowest BCUT2D eigenvalue weighted by Gasteiger charge is -2.02. The van der Waals surface area contributed by atoms with Crippen LogP contribution in [-0.4, -0.2) is 19.3 Å². The van der Waals surface area contributed by atoms with Gasteiger partial charge in [-0.3, -0.25) is 0 Å². The van der Waals surface area contributed by atoms with Gasteiger partial charge in [-0.15, -0.1) is 0 Å². The highest BCUT2D eigenvalue weighted by Crippen LogP contribution is 2.11. The Morgan fingerprint density at radius 3 is 3.00 bits per heavy atom. The summed E-state index contributed by atoms with van der Waals surface area (Å²) in [6, 6.07) is 0. The fraction of sp³-hybridized carbons (Fsp3) is 0.400. The largest absolute Gasteiger partial charge is 0.491 e. The van der Waals surface area contributed by atoms with Crippen LogP contribution in [0.4, 0.5) is 0 Å². The van der Waals surface area contributed by atoms with E-state index in [9.17, 15) is 0 Å². The average Bonchev–Trinajstić information content (AvgIpc) is 2.84. The fourth-order valence-electron chi connectivity index (χ4n) is 0.786. The highest BCUT2D eigenvalue weighted by molar-refractivity contribution is 5.16. The van der Waals surface area contributed by atoms with E-state index in [0.29, 0.717) is 12.7 Å². The maximum atomic E-state index is 5.42. The highest BCUT2D eigenvalue weighted by atomic mass is 16.6. The molecule has 1 unspecified atom stereocenters. The van der Waals surface area contributed by atoms with Crippen molar-refractivity contribution in [3.05, 3.63) is 36.6 Å². The zero-order valence-corrected chi connectivity index (χ0v) is 7.32. The fourth-order valence-corrected chi connectivity index (χ4v) is 0.786. The van der Waals surface area contributed by atoms with E-state index in [0.717, 1.165) is 12.4 Å². The van der Waals surface area contributed by atoms with Gasteiger partial charge in [-0.05, 0) is 19.1 Å². The van der Waals surface area contributed by atoms with Crippen LogP contribution in [-0.2, 0) is 9.47 Å². The van der Waals surface area contributed by atoms with Crippen LogP contribution in [0.3, 0.4) is 0 Å². The van der Waals surface area contributed by atoms with Crippen LogP contribution in [0, 0.1) is 0 Å². The third kappa shape index (κ3) is 3.39. The number of hydrogen-bond donors (Lipinski definition) is 0. The van der Waals surface area contributed by atoms with E-state index < -0.39 is 0 Å². The number of epoxide rings is 1. The minimum absolute atomic E-state index is 0.309. The van der Waals surface area contributed by atoms with E-state index in [1.165, 1.54) is 0 Å². The molecule has 0 spiro atoms. The molecule has 1 atom stereocenters. The Bertz CT molecular complexity index is 200. The van der Waals surface area contributed by atoms with Gasteiger partial charge in [0.15, 0.2) is 0 Å². The topological polar surface area (TPSA) is 21.8 Å². The monoisotopic (exact) mass is 166 g/mol. The average molecular weight is 166 g/mol. The molecule has 0 amide bonds. The zero-order chi connectivity index (χ0) is 8.81. The Morgan fingerprint density at radius 1 is 1.75 bits per heavy atom. The highest BCUT2D eigenvalue weighted by Gasteiger charge is 2.22. The van der Waals surface area contributed by atoms with Gasteiger partial charge in [0.1, 0.15) is 18.5 Å². The van der Waals surface area contributed by atoms with Crippen molar-refractivity contribution >= 4 is 0 Å². The summed E-state index contributed by atoms with van der Waals surface area (Å²) in [7, 11) is 0. The molecule has 12 heavy (non-hydrogen) atoms. The summed E-state index contributed by atoms with van der Waals surface area (Å²) in [5.41, 5.74) is 0. The molecule has 0 aromatic carbocycles. The molecule has 1 fully saturated rings. The van der Waals surface area contributed by atoms with Gasteiger partial charge < -0.3 is 9.47 Å². The van der Waals surface area contributed by atoms with Gasteiger partial charge in [0.2, 0.25) is 0 Å². The molecule has 0 N–H and O–H groups in total. The molecule has 0 aromatic rings. The summed E-state index contributed by atoms with van der Waals surface area (Å²) in [5, 5.41) is 0. The second-order valence-corrected chi connectivity index (χ2v) is 2.57. The summed E-state index contributed by atoms with van der Waals surface area (Å²) >= 11 is 0. The van der Waals surface area contributed by atoms with Gasteiger partial charge in [-0.25, -0.2) is 0 Å². The number of ether oxygens (including phenoxy) is 2. The van der Waals surface area contributed by atoms with E-state index in [1.807, 2.05) is 25.2 Å². The molecule has 66 valence electrons. The third-order valence-corrected chi connectivity index (χ3v) is 1.45. The summed E-state index contributed by atoms with van der Waals surface area (Å²) < 4.78 is 10.4. The van der Waals surface area contributed by atoms with Crippen LogP contribution in [0.25, 0.3) is 0 Å². The normalized spacial score (nSPS) is 22.8. The molecule has 1 aliphatic heterocycles. The predicted molar refractivity (Wildman–Crippen MR) is 48.8 cm³/mol. The van der Waals surface area contributed by atoms with Crippen LogP contribution in [0.2, 0.25) is 0 Å². The zero-order valence-electron chi connectivity index (χ0n) is 7.32. The molecule has 1 heterocycles. The molecular formula is C10H14O2. The summed E-state index contributed by atoms with van der Waals surface area (Å²) in [4.78, 5) is 0. The summed E-state index contributed by atoms with van der Waals surface area (Å²) in [6.45, 7) is 7.03. The van der Waals surface area contributed by atoms with E-state index >= 15 is 0 Å². The Hall–Kier alpha value is -1.02. The molecule has 0 aliphatic carbocycles. The number of hydrogen-bond acceptors (Lipinski definition) is 2. The maximum Gasteiger partial charge on any atom is 0.119 e. The lowest BCUT2D eigenvalue weighted by atomic mass is 10.4. The van der Waals surface area contributed by atoms with Crippen LogP contribution < -0.4 is 0 Å². The second kappa shape index (κ2) is 4.78. The van der Waals surface area contributed by atoms with Gasteiger partial charge in [0.05, 0.1) is 6.61 Å². The smallest absolute Gasteiger partial charge is 0.119 e. The molecule has 2 nitrogen and oxygen atoms in total. The molecule has 1 saturated heterocycles. The first-order chi connectivity index (χ1) is 5.86. The first-order valence-corrected chi connectivity index (χ1v) is 4.06. The van der Waals surface area contributed by atoms with Crippen LogP contribution >= 0.6 is 0 Å². The van der Waals surface area contributed by atoms with E-state index in [-0.39, 0.29) is 0 Å². The Morgan fingerprint density at radius 2 is 2.50 bits per heavy atom. The molecule has 0 aromatic heterocycles. The summed E-state index contributed by atoms with van der Waals surface area (Å²) in [5.74, 6) is 0.836. The lowest BCUT2D eigenvalue weighted by molar-refractivity contribution is 0.193. The SMILES string of the molecule is C=C/C=C(\C=C/C)OCC1CO1. The van der Waals surface area contributed by atoms with Gasteiger partial charge in [0.25, 0.3) is 0 Å². The maximum absolute atomic E-state index is 5.42. The number of allylic oxidation sites excluding steroid dienone is 4. The molecular weight excluding hydrogens is 152 g/mol. The van der Waals surface area contributed by atoms with Crippen molar-refractivity contribution in [3.8, 4) is 0 Å². The second-order valence-electron chi connectivity index (χ2n) is 2.57. The molecule has 0 radical (unpaired) electrons. The quantitative estimate of drug-likeness (QED) is 0.354. The Balaban J connectivity index is 2.30.